The number of carboxylic acid groups (broad SMARTS) is 1. The van der Waals surface area contributed by atoms with Gasteiger partial charge in [-0.2, -0.15) is 26.3 Å². The second-order valence-electron chi connectivity index (χ2n) is 4.22. The summed E-state index contributed by atoms with van der Waals surface area (Å²) in [5, 5.41) is 8.57. The summed E-state index contributed by atoms with van der Waals surface area (Å²) in [4.78, 5) is 10.6. The van der Waals surface area contributed by atoms with Gasteiger partial charge in [0.15, 0.2) is 0 Å². The van der Waals surface area contributed by atoms with E-state index in [1.807, 2.05) is 0 Å². The van der Waals surface area contributed by atoms with E-state index in [1.54, 1.807) is 0 Å². The highest BCUT2D eigenvalue weighted by atomic mass is 19.4. The molecule has 1 saturated carbocycles. The van der Waals surface area contributed by atoms with E-state index in [2.05, 4.69) is 0 Å². The molecule has 0 aliphatic heterocycles. The van der Waals surface area contributed by atoms with Crippen molar-refractivity contribution in [3.05, 3.63) is 0 Å². The Morgan fingerprint density at radius 2 is 1.24 bits per heavy atom. The van der Waals surface area contributed by atoms with Crippen LogP contribution in [0.3, 0.4) is 0 Å². The van der Waals surface area contributed by atoms with Gasteiger partial charge in [-0.15, -0.1) is 0 Å². The summed E-state index contributed by atoms with van der Waals surface area (Å²) in [7, 11) is 0. The molecule has 1 fully saturated rings. The predicted octanol–water partition coefficient (Wildman–Crippen LogP) is 3.23. The molecule has 100 valence electrons. The van der Waals surface area contributed by atoms with Crippen LogP contribution in [0.5, 0.6) is 0 Å². The number of alkyl halides is 6. The minimum atomic E-state index is -4.78. The van der Waals surface area contributed by atoms with Crippen LogP contribution in [0.4, 0.5) is 26.3 Å². The van der Waals surface area contributed by atoms with E-state index in [-0.39, 0.29) is 0 Å². The predicted molar refractivity (Wildman–Crippen MR) is 44.1 cm³/mol. The number of carboxylic acids is 1. The average Bonchev–Trinajstić information content (AvgIpc) is 2.14. The highest BCUT2D eigenvalue weighted by Gasteiger charge is 2.52. The van der Waals surface area contributed by atoms with Gasteiger partial charge >= 0.3 is 18.3 Å². The highest BCUT2D eigenvalue weighted by Crippen LogP contribution is 2.47. The van der Waals surface area contributed by atoms with Gasteiger partial charge in [0, 0.05) is 0 Å². The first-order valence-corrected chi connectivity index (χ1v) is 4.88. The van der Waals surface area contributed by atoms with Crippen LogP contribution in [0, 0.1) is 17.8 Å². The zero-order valence-corrected chi connectivity index (χ0v) is 8.48. The molecule has 0 aromatic heterocycles. The van der Waals surface area contributed by atoms with Crippen molar-refractivity contribution in [2.45, 2.75) is 31.6 Å². The lowest BCUT2D eigenvalue weighted by atomic mass is 9.74. The number of halogens is 6. The molecule has 0 aromatic rings. The molecule has 8 heteroatoms. The van der Waals surface area contributed by atoms with Gasteiger partial charge in [-0.3, -0.25) is 4.79 Å². The summed E-state index contributed by atoms with van der Waals surface area (Å²) in [6.45, 7) is 0. The highest BCUT2D eigenvalue weighted by molar-refractivity contribution is 5.70. The molecule has 1 N–H and O–H groups in total. The molecular formula is C9H10F6O2. The Hall–Kier alpha value is -0.950. The maximum absolute atomic E-state index is 12.4. The Kier molecular flexibility index (Phi) is 3.63. The lowest BCUT2D eigenvalue weighted by molar-refractivity contribution is -0.229. The lowest BCUT2D eigenvalue weighted by Crippen LogP contribution is -2.40. The van der Waals surface area contributed by atoms with E-state index in [1.165, 1.54) is 0 Å². The summed E-state index contributed by atoms with van der Waals surface area (Å²) in [6, 6.07) is 0. The van der Waals surface area contributed by atoms with Crippen molar-refractivity contribution in [3.63, 3.8) is 0 Å². The molecule has 17 heavy (non-hydrogen) atoms. The number of hydrogen-bond acceptors (Lipinski definition) is 1. The van der Waals surface area contributed by atoms with Crippen LogP contribution in [-0.4, -0.2) is 23.4 Å². The smallest absolute Gasteiger partial charge is 0.391 e. The van der Waals surface area contributed by atoms with Crippen molar-refractivity contribution in [1.82, 2.24) is 0 Å². The van der Waals surface area contributed by atoms with E-state index in [0.717, 1.165) is 0 Å². The van der Waals surface area contributed by atoms with Crippen LogP contribution in [0.15, 0.2) is 0 Å². The molecule has 1 aliphatic carbocycles. The lowest BCUT2D eigenvalue weighted by Gasteiger charge is -2.34. The average molecular weight is 264 g/mol. The third kappa shape index (κ3) is 3.50. The quantitative estimate of drug-likeness (QED) is 0.738. The van der Waals surface area contributed by atoms with E-state index in [9.17, 15) is 31.1 Å². The second-order valence-corrected chi connectivity index (χ2v) is 4.22. The number of carbonyl (C=O) groups is 1. The van der Waals surface area contributed by atoms with Gasteiger partial charge in [0.05, 0.1) is 17.8 Å². The molecule has 0 heterocycles. The van der Waals surface area contributed by atoms with Crippen molar-refractivity contribution < 1.29 is 36.2 Å². The molecule has 1 rings (SSSR count). The van der Waals surface area contributed by atoms with Gasteiger partial charge in [-0.25, -0.2) is 0 Å². The Morgan fingerprint density at radius 3 is 1.47 bits per heavy atom. The Morgan fingerprint density at radius 1 is 0.882 bits per heavy atom. The van der Waals surface area contributed by atoms with Gasteiger partial charge in [0.25, 0.3) is 0 Å². The normalized spacial score (nSPS) is 31.3. The fourth-order valence-electron chi connectivity index (χ4n) is 2.06. The summed E-state index contributed by atoms with van der Waals surface area (Å²) in [5.41, 5.74) is 0. The van der Waals surface area contributed by atoms with Gasteiger partial charge < -0.3 is 5.11 Å². The van der Waals surface area contributed by atoms with Crippen LogP contribution in [0.2, 0.25) is 0 Å². The second kappa shape index (κ2) is 4.38. The SMILES string of the molecule is O=C(O)C1C[C@@H](C(F)(F)F)C[C@@H](C(F)(F)F)C1. The largest absolute Gasteiger partial charge is 0.481 e. The first kappa shape index (κ1) is 14.1. The molecule has 1 unspecified atom stereocenters. The fraction of sp³-hybridized carbons (Fsp3) is 0.889. The Balaban J connectivity index is 2.88. The van der Waals surface area contributed by atoms with Gasteiger partial charge in [-0.05, 0) is 19.3 Å². The third-order valence-electron chi connectivity index (χ3n) is 2.98. The molecule has 0 radical (unpaired) electrons. The molecule has 0 aromatic carbocycles. The zero-order chi connectivity index (χ0) is 13.4. The summed E-state index contributed by atoms with van der Waals surface area (Å²) in [5.74, 6) is -7.57. The van der Waals surface area contributed by atoms with Gasteiger partial charge in [-0.1, -0.05) is 0 Å². The Labute approximate surface area is 92.6 Å². The van der Waals surface area contributed by atoms with Crippen LogP contribution in [0.25, 0.3) is 0 Å². The summed E-state index contributed by atoms with van der Waals surface area (Å²) >= 11 is 0. The minimum Gasteiger partial charge on any atom is -0.481 e. The van der Waals surface area contributed by atoms with E-state index in [0.29, 0.717) is 0 Å². The molecule has 0 saturated heterocycles. The monoisotopic (exact) mass is 264 g/mol. The van der Waals surface area contributed by atoms with Crippen LogP contribution in [0.1, 0.15) is 19.3 Å². The molecular weight excluding hydrogens is 254 g/mol. The standard InChI is InChI=1S/C9H10F6O2/c10-8(11,12)5-1-4(7(16)17)2-6(3-5)9(13,14)15/h4-6H,1-3H2,(H,16,17)/t4?,5-,6+. The van der Waals surface area contributed by atoms with Crippen LogP contribution < -0.4 is 0 Å². The Bertz CT molecular complexity index is 273. The number of rotatable bonds is 1. The summed E-state index contributed by atoms with van der Waals surface area (Å²) < 4.78 is 74.3. The summed E-state index contributed by atoms with van der Waals surface area (Å²) in [6.07, 6.45) is -12.2. The van der Waals surface area contributed by atoms with E-state index >= 15 is 0 Å². The minimum absolute atomic E-state index is 0.772. The van der Waals surface area contributed by atoms with Crippen molar-refractivity contribution in [2.24, 2.45) is 17.8 Å². The van der Waals surface area contributed by atoms with Crippen LogP contribution >= 0.6 is 0 Å². The number of hydrogen-bond donors (Lipinski definition) is 1. The molecule has 1 aliphatic rings. The van der Waals surface area contributed by atoms with Crippen molar-refractivity contribution in [2.75, 3.05) is 0 Å². The topological polar surface area (TPSA) is 37.3 Å². The maximum Gasteiger partial charge on any atom is 0.391 e. The third-order valence-corrected chi connectivity index (χ3v) is 2.98. The number of aliphatic carboxylic acids is 1. The fourth-order valence-corrected chi connectivity index (χ4v) is 2.06. The molecule has 2 nitrogen and oxygen atoms in total. The van der Waals surface area contributed by atoms with Crippen molar-refractivity contribution in [1.29, 1.82) is 0 Å². The van der Waals surface area contributed by atoms with Crippen LogP contribution in [-0.2, 0) is 4.79 Å². The van der Waals surface area contributed by atoms with Crippen molar-refractivity contribution >= 4 is 5.97 Å². The van der Waals surface area contributed by atoms with Gasteiger partial charge in [0.1, 0.15) is 0 Å². The molecule has 0 spiro atoms. The molecule has 0 bridgehead atoms. The first-order valence-electron chi connectivity index (χ1n) is 4.88. The maximum atomic E-state index is 12.4. The van der Waals surface area contributed by atoms with E-state index < -0.39 is 55.3 Å². The molecule has 3 atom stereocenters. The zero-order valence-electron chi connectivity index (χ0n) is 8.48. The first-order chi connectivity index (χ1) is 7.51. The van der Waals surface area contributed by atoms with Gasteiger partial charge in [0.2, 0.25) is 0 Å². The van der Waals surface area contributed by atoms with Crippen molar-refractivity contribution in [3.8, 4) is 0 Å². The molecule has 0 amide bonds. The van der Waals surface area contributed by atoms with E-state index in [4.69, 9.17) is 5.11 Å².